The van der Waals surface area contributed by atoms with Gasteiger partial charge >= 0.3 is 18.4 Å². The molecule has 4 aromatic rings. The van der Waals surface area contributed by atoms with Crippen molar-refractivity contribution in [2.45, 2.75) is 140 Å². The van der Waals surface area contributed by atoms with E-state index in [1.807, 2.05) is 43.9 Å². The molecule has 5 aliphatic rings. The van der Waals surface area contributed by atoms with Crippen LogP contribution in [0.1, 0.15) is 114 Å². The summed E-state index contributed by atoms with van der Waals surface area (Å²) in [4.78, 5) is 46.1. The molecule has 0 spiro atoms. The molecule has 2 saturated carbocycles. The van der Waals surface area contributed by atoms with Crippen LogP contribution in [0.3, 0.4) is 0 Å². The lowest BCUT2D eigenvalue weighted by molar-refractivity contribution is -0.127. The van der Waals surface area contributed by atoms with Gasteiger partial charge in [-0.3, -0.25) is 9.80 Å². The number of ether oxygens (including phenoxy) is 2. The topological polar surface area (TPSA) is 137 Å². The number of nitrogens with zero attached hydrogens (tertiary/aromatic N) is 4. The number of carbonyl (C=O) groups excluding carboxylic acids is 2. The number of halogens is 3. The number of carbonyl (C=O) groups is 2. The third kappa shape index (κ3) is 7.18. The second-order valence-corrected chi connectivity index (χ2v) is 18.6. The maximum Gasteiger partial charge on any atom is 0.411 e. The van der Waals surface area contributed by atoms with Crippen molar-refractivity contribution in [1.82, 2.24) is 29.7 Å². The summed E-state index contributed by atoms with van der Waals surface area (Å²) < 4.78 is 53.1. The number of aryl methyl sites for hydroxylation is 2. The number of amides is 2. The highest BCUT2D eigenvalue weighted by atomic mass is 19.4. The van der Waals surface area contributed by atoms with Crippen LogP contribution in [0, 0.1) is 5.92 Å². The molecule has 4 heterocycles. The van der Waals surface area contributed by atoms with Crippen LogP contribution < -0.4 is 0 Å². The summed E-state index contributed by atoms with van der Waals surface area (Å²) in [5.74, 6) is 1.46. The Bertz CT molecular complexity index is 2250. The first kappa shape index (κ1) is 37.7. The first-order chi connectivity index (χ1) is 26.7. The Morgan fingerprint density at radius 2 is 1.44 bits per heavy atom. The van der Waals surface area contributed by atoms with Crippen LogP contribution >= 0.6 is 0 Å². The molecule has 11 nitrogen and oxygen atoms in total. The van der Waals surface area contributed by atoms with Crippen molar-refractivity contribution in [2.75, 3.05) is 0 Å². The number of likely N-dealkylation sites (tertiary alicyclic amines) is 2. The number of aromatic nitrogens is 4. The zero-order valence-corrected chi connectivity index (χ0v) is 33.1. The molecule has 2 aromatic heterocycles. The van der Waals surface area contributed by atoms with E-state index in [9.17, 15) is 27.9 Å². The number of alkyl halides is 3. The van der Waals surface area contributed by atoms with Gasteiger partial charge in [-0.2, -0.15) is 13.2 Å². The van der Waals surface area contributed by atoms with E-state index in [2.05, 4.69) is 27.1 Å². The molecule has 0 bridgehead atoms. The fraction of sp³-hybridized carbons (Fsp3) is 0.535. The van der Waals surface area contributed by atoms with Crippen molar-refractivity contribution in [3.05, 3.63) is 71.1 Å². The molecule has 3 aliphatic carbocycles. The average molecular weight is 787 g/mol. The van der Waals surface area contributed by atoms with Gasteiger partial charge < -0.3 is 24.5 Å². The van der Waals surface area contributed by atoms with Crippen molar-refractivity contribution >= 4 is 12.2 Å². The number of rotatable bonds is 5. The molecule has 302 valence electrons. The molecule has 2 saturated heterocycles. The maximum absolute atomic E-state index is 13.9. The summed E-state index contributed by atoms with van der Waals surface area (Å²) in [6, 6.07) is 12.4. The van der Waals surface area contributed by atoms with Crippen molar-refractivity contribution in [3.63, 3.8) is 0 Å². The highest BCUT2D eigenvalue weighted by molar-refractivity contribution is 5.76. The molecule has 0 radical (unpaired) electrons. The summed E-state index contributed by atoms with van der Waals surface area (Å²) in [5.41, 5.74) is 4.10. The normalized spacial score (nSPS) is 26.3. The Morgan fingerprint density at radius 3 is 2.12 bits per heavy atom. The number of H-pyrrole nitrogens is 2. The lowest BCUT2D eigenvalue weighted by atomic mass is 9.95. The summed E-state index contributed by atoms with van der Waals surface area (Å²) in [6.07, 6.45) is -1.66. The molecule has 57 heavy (non-hydrogen) atoms. The highest BCUT2D eigenvalue weighted by Crippen LogP contribution is 2.57. The minimum atomic E-state index is -4.51. The van der Waals surface area contributed by atoms with Gasteiger partial charge in [0.15, 0.2) is 0 Å². The lowest BCUT2D eigenvalue weighted by Crippen LogP contribution is -2.39. The summed E-state index contributed by atoms with van der Waals surface area (Å²) in [7, 11) is 0. The minimum Gasteiger partial charge on any atom is -0.444 e. The van der Waals surface area contributed by atoms with E-state index in [0.717, 1.165) is 71.6 Å². The molecule has 14 heteroatoms. The molecule has 9 rings (SSSR count). The molecule has 2 aliphatic heterocycles. The number of piperidine rings is 2. The number of hydrogen-bond donors (Lipinski definition) is 3. The molecule has 0 unspecified atom stereocenters. The van der Waals surface area contributed by atoms with Crippen LogP contribution in [0.5, 0.6) is 0 Å². The summed E-state index contributed by atoms with van der Waals surface area (Å²) >= 11 is 0. The Hall–Kier alpha value is -4.85. The van der Waals surface area contributed by atoms with Crippen LogP contribution in [0.25, 0.3) is 33.6 Å². The number of aromatic amines is 2. The molecule has 2 amide bonds. The number of aliphatic hydroxyl groups is 1. The molecule has 3 N–H and O–H groups in total. The van der Waals surface area contributed by atoms with Crippen molar-refractivity contribution in [2.24, 2.45) is 5.92 Å². The fourth-order valence-corrected chi connectivity index (χ4v) is 9.21. The smallest absolute Gasteiger partial charge is 0.411 e. The quantitative estimate of drug-likeness (QED) is 0.184. The fourth-order valence-electron chi connectivity index (χ4n) is 9.21. The summed E-state index contributed by atoms with van der Waals surface area (Å²) in [5, 5.41) is 11.0. The Kier molecular flexibility index (Phi) is 8.49. The number of imidazole rings is 2. The second kappa shape index (κ2) is 12.8. The highest BCUT2D eigenvalue weighted by Gasteiger charge is 2.67. The van der Waals surface area contributed by atoms with Crippen LogP contribution in [0.15, 0.2) is 42.5 Å². The zero-order valence-electron chi connectivity index (χ0n) is 33.1. The third-order valence-electron chi connectivity index (χ3n) is 11.9. The lowest BCUT2D eigenvalue weighted by Gasteiger charge is -2.29. The Morgan fingerprint density at radius 1 is 0.807 bits per heavy atom. The molecule has 4 fully saturated rings. The van der Waals surface area contributed by atoms with Crippen molar-refractivity contribution in [1.29, 1.82) is 0 Å². The van der Waals surface area contributed by atoms with E-state index in [-0.39, 0.29) is 41.8 Å². The predicted octanol–water partition coefficient (Wildman–Crippen LogP) is 8.98. The van der Waals surface area contributed by atoms with E-state index < -0.39 is 47.6 Å². The zero-order chi connectivity index (χ0) is 40.4. The van der Waals surface area contributed by atoms with Crippen LogP contribution in [0.4, 0.5) is 22.8 Å². The van der Waals surface area contributed by atoms with Gasteiger partial charge in [0.05, 0.1) is 47.2 Å². The van der Waals surface area contributed by atoms with Gasteiger partial charge in [-0.15, -0.1) is 0 Å². The van der Waals surface area contributed by atoms with E-state index >= 15 is 0 Å². The monoisotopic (exact) mass is 786 g/mol. The van der Waals surface area contributed by atoms with Gasteiger partial charge in [0.1, 0.15) is 22.9 Å². The number of hydrogen-bond acceptors (Lipinski definition) is 7. The minimum absolute atomic E-state index is 0.106. The Labute approximate surface area is 329 Å². The first-order valence-electron chi connectivity index (χ1n) is 20.0. The van der Waals surface area contributed by atoms with Crippen molar-refractivity contribution in [3.8, 4) is 33.6 Å². The number of fused-ring (bicyclic) bond motifs is 5. The predicted molar refractivity (Wildman–Crippen MR) is 205 cm³/mol. The van der Waals surface area contributed by atoms with Gasteiger partial charge in [-0.25, -0.2) is 19.6 Å². The van der Waals surface area contributed by atoms with Crippen LogP contribution in [0.2, 0.25) is 0 Å². The Balaban J connectivity index is 0.978. The second-order valence-electron chi connectivity index (χ2n) is 18.6. The molecular formula is C43H49F3N6O5. The average Bonchev–Trinajstić information content (AvgIpc) is 3.73. The van der Waals surface area contributed by atoms with Gasteiger partial charge in [0.2, 0.25) is 0 Å². The third-order valence-corrected chi connectivity index (χ3v) is 11.9. The van der Waals surface area contributed by atoms with Crippen molar-refractivity contribution < 1.29 is 37.3 Å². The van der Waals surface area contributed by atoms with E-state index in [1.165, 1.54) is 4.90 Å². The van der Waals surface area contributed by atoms with Gasteiger partial charge in [0.25, 0.3) is 0 Å². The van der Waals surface area contributed by atoms with Gasteiger partial charge in [0, 0.05) is 35.7 Å². The largest absolute Gasteiger partial charge is 0.444 e. The van der Waals surface area contributed by atoms with Gasteiger partial charge in [-0.1, -0.05) is 42.5 Å². The molecule has 2 aromatic carbocycles. The van der Waals surface area contributed by atoms with Crippen LogP contribution in [-0.2, 0) is 28.7 Å². The van der Waals surface area contributed by atoms with E-state index in [1.54, 1.807) is 32.9 Å². The first-order valence-corrected chi connectivity index (χ1v) is 20.0. The summed E-state index contributed by atoms with van der Waals surface area (Å²) in [6.45, 7) is 10.9. The van der Waals surface area contributed by atoms with E-state index in [4.69, 9.17) is 14.5 Å². The molecular weight excluding hydrogens is 738 g/mol. The van der Waals surface area contributed by atoms with Gasteiger partial charge in [-0.05, 0) is 96.3 Å². The number of benzene rings is 2. The maximum atomic E-state index is 13.9. The number of nitrogens with one attached hydrogen (secondary N) is 2. The standard InChI is InChI=1S/C43H49F3N6O5/c1-40(2,3)56-38(53)51-30-17-26(30)18-31(51)36-47-28-9-7-8-25-16-24(14-15-27(25)35(28)50-36)22-10-12-23(13-11-22)34-29(19-43(44,45)46)48-37(49-34)32-20-42(55)21-33(42)52(32)39(54)57-41(4,5)6/h10-16,26,30-33,55H,7-9,17-21H2,1-6H3,(H,47,50)(H,48,49)/t26-,30-,31+,32+,33-,42-/m1/s1. The molecule has 6 atom stereocenters. The SMILES string of the molecule is CC(C)(C)OC(=O)N1[C@@H]2C[C@@H]2C[C@H]1c1nc2c([nH]1)CCCc1cc(-c3ccc(-c4nc([C@@H]5C[C@@]6(O)C[C@H]6N5C(=O)OC(C)(C)C)[nH]c4CC(F)(F)F)cc3)ccc1-2. The van der Waals surface area contributed by atoms with Crippen LogP contribution in [-0.4, -0.2) is 82.1 Å². The van der Waals surface area contributed by atoms with E-state index in [0.29, 0.717) is 17.9 Å².